The molecule has 6 nitrogen and oxygen atoms in total. The molecule has 1 aromatic carbocycles. The number of hydrogen-bond acceptors (Lipinski definition) is 5. The van der Waals surface area contributed by atoms with E-state index in [1.807, 2.05) is 46.4 Å². The Balaban J connectivity index is 1.33. The third kappa shape index (κ3) is 5.09. The molecule has 2 aliphatic rings. The number of piperidine rings is 2. The highest BCUT2D eigenvalue weighted by Crippen LogP contribution is 2.28. The Morgan fingerprint density at radius 2 is 1.84 bits per heavy atom. The fraction of sp³-hybridized carbons (Fsp3) is 0.542. The molecule has 2 fully saturated rings. The summed E-state index contributed by atoms with van der Waals surface area (Å²) in [7, 11) is 0. The van der Waals surface area contributed by atoms with Crippen molar-refractivity contribution in [3.8, 4) is 16.3 Å². The van der Waals surface area contributed by atoms with Gasteiger partial charge in [-0.25, -0.2) is 4.98 Å². The molecule has 2 aliphatic heterocycles. The predicted molar refractivity (Wildman–Crippen MR) is 122 cm³/mol. The van der Waals surface area contributed by atoms with Crippen LogP contribution in [0.1, 0.15) is 50.0 Å². The monoisotopic (exact) mass is 441 g/mol. The Bertz CT molecular complexity index is 903. The summed E-state index contributed by atoms with van der Waals surface area (Å²) in [6.07, 6.45) is 3.80. The second kappa shape index (κ2) is 9.81. The summed E-state index contributed by atoms with van der Waals surface area (Å²) < 4.78 is 5.48. The van der Waals surface area contributed by atoms with Gasteiger partial charge in [0.15, 0.2) is 0 Å². The molecule has 7 heteroatoms. The van der Waals surface area contributed by atoms with Gasteiger partial charge in [-0.1, -0.05) is 6.92 Å². The summed E-state index contributed by atoms with van der Waals surface area (Å²) in [5, 5.41) is 2.66. The van der Waals surface area contributed by atoms with E-state index in [2.05, 4.69) is 11.9 Å². The topological polar surface area (TPSA) is 62.7 Å². The van der Waals surface area contributed by atoms with Gasteiger partial charge in [0, 0.05) is 43.0 Å². The van der Waals surface area contributed by atoms with Crippen LogP contribution in [0.5, 0.6) is 5.75 Å². The number of carbonyl (C=O) groups is 2. The number of hydrogen-bond donors (Lipinski definition) is 0. The molecule has 0 N–H and O–H groups in total. The first-order chi connectivity index (χ1) is 15.0. The highest BCUT2D eigenvalue weighted by molar-refractivity contribution is 7.13. The minimum atomic E-state index is -0.0362. The first kappa shape index (κ1) is 21.8. The van der Waals surface area contributed by atoms with Crippen molar-refractivity contribution >= 4 is 23.2 Å². The Labute approximate surface area is 188 Å². The third-order valence-corrected chi connectivity index (χ3v) is 7.13. The molecule has 0 radical (unpaired) electrons. The number of nitrogens with zero attached hydrogens (tertiary/aromatic N) is 3. The molecule has 1 aromatic heterocycles. The standard InChI is InChI=1S/C24H31N3O3S/c1-3-30-20-8-6-18(7-9-20)22-25-21(16-31-22)24(29)26-13-10-19(11-14-26)23(28)27-12-4-5-17(2)15-27/h6-9,16-17,19H,3-5,10-15H2,1-2H3. The first-order valence-corrected chi connectivity index (χ1v) is 12.2. The van der Waals surface area contributed by atoms with E-state index in [9.17, 15) is 9.59 Å². The highest BCUT2D eigenvalue weighted by atomic mass is 32.1. The Morgan fingerprint density at radius 3 is 2.52 bits per heavy atom. The second-order valence-corrected chi connectivity index (χ2v) is 9.45. The first-order valence-electron chi connectivity index (χ1n) is 11.3. The van der Waals surface area contributed by atoms with Crippen LogP contribution in [0.2, 0.25) is 0 Å². The molecule has 0 bridgehead atoms. The maximum Gasteiger partial charge on any atom is 0.273 e. The molecule has 0 aliphatic carbocycles. The average Bonchev–Trinajstić information content (AvgIpc) is 3.29. The molecular weight excluding hydrogens is 410 g/mol. The van der Waals surface area contributed by atoms with Crippen LogP contribution in [0.25, 0.3) is 10.6 Å². The fourth-order valence-electron chi connectivity index (χ4n) is 4.50. The fourth-order valence-corrected chi connectivity index (χ4v) is 5.30. The lowest BCUT2D eigenvalue weighted by atomic mass is 9.92. The average molecular weight is 442 g/mol. The van der Waals surface area contributed by atoms with Gasteiger partial charge in [-0.15, -0.1) is 11.3 Å². The summed E-state index contributed by atoms with van der Waals surface area (Å²) in [4.78, 5) is 34.3. The maximum atomic E-state index is 13.0. The number of rotatable bonds is 5. The number of thiazole rings is 1. The zero-order valence-corrected chi connectivity index (χ0v) is 19.2. The number of benzene rings is 1. The Kier molecular flexibility index (Phi) is 6.90. The van der Waals surface area contributed by atoms with E-state index in [0.29, 0.717) is 31.3 Å². The quantitative estimate of drug-likeness (QED) is 0.693. The van der Waals surface area contributed by atoms with Crippen molar-refractivity contribution in [1.29, 1.82) is 0 Å². The van der Waals surface area contributed by atoms with E-state index in [0.717, 1.165) is 48.7 Å². The molecular formula is C24H31N3O3S. The van der Waals surface area contributed by atoms with Crippen molar-refractivity contribution < 1.29 is 14.3 Å². The zero-order chi connectivity index (χ0) is 21.8. The van der Waals surface area contributed by atoms with Crippen molar-refractivity contribution in [2.24, 2.45) is 11.8 Å². The van der Waals surface area contributed by atoms with Gasteiger partial charge in [0.2, 0.25) is 5.91 Å². The van der Waals surface area contributed by atoms with Crippen molar-refractivity contribution in [2.45, 2.75) is 39.5 Å². The van der Waals surface area contributed by atoms with Gasteiger partial charge < -0.3 is 14.5 Å². The van der Waals surface area contributed by atoms with Gasteiger partial charge in [-0.2, -0.15) is 0 Å². The number of ether oxygens (including phenoxy) is 1. The second-order valence-electron chi connectivity index (χ2n) is 8.59. The lowest BCUT2D eigenvalue weighted by Gasteiger charge is -2.37. The normalized spacial score (nSPS) is 20.0. The SMILES string of the molecule is CCOc1ccc(-c2nc(C(=O)N3CCC(C(=O)N4CCCC(C)C4)CC3)cs2)cc1. The van der Waals surface area contributed by atoms with Crippen LogP contribution in [0, 0.1) is 11.8 Å². The van der Waals surface area contributed by atoms with Gasteiger partial charge in [0.25, 0.3) is 5.91 Å². The van der Waals surface area contributed by atoms with E-state index in [1.54, 1.807) is 0 Å². The zero-order valence-electron chi connectivity index (χ0n) is 18.4. The summed E-state index contributed by atoms with van der Waals surface area (Å²) >= 11 is 1.48. The molecule has 2 saturated heterocycles. The molecule has 166 valence electrons. The summed E-state index contributed by atoms with van der Waals surface area (Å²) in [6, 6.07) is 7.78. The summed E-state index contributed by atoms with van der Waals surface area (Å²) in [5.74, 6) is 1.71. The summed E-state index contributed by atoms with van der Waals surface area (Å²) in [5.41, 5.74) is 1.47. The number of likely N-dealkylation sites (tertiary alicyclic amines) is 2. The molecule has 0 spiro atoms. The van der Waals surface area contributed by atoms with Crippen LogP contribution < -0.4 is 4.74 Å². The van der Waals surface area contributed by atoms with E-state index in [4.69, 9.17) is 4.74 Å². The molecule has 1 unspecified atom stereocenters. The van der Waals surface area contributed by atoms with Crippen molar-refractivity contribution in [3.05, 3.63) is 35.3 Å². The van der Waals surface area contributed by atoms with Crippen LogP contribution in [0.15, 0.2) is 29.6 Å². The molecule has 31 heavy (non-hydrogen) atoms. The third-order valence-electron chi connectivity index (χ3n) is 6.24. The molecule has 1 atom stereocenters. The molecule has 4 rings (SSSR count). The molecule has 2 aromatic rings. The molecule has 2 amide bonds. The van der Waals surface area contributed by atoms with Crippen molar-refractivity contribution in [3.63, 3.8) is 0 Å². The van der Waals surface area contributed by atoms with E-state index in [-0.39, 0.29) is 17.7 Å². The highest BCUT2D eigenvalue weighted by Gasteiger charge is 2.32. The van der Waals surface area contributed by atoms with Crippen LogP contribution >= 0.6 is 11.3 Å². The van der Waals surface area contributed by atoms with Gasteiger partial charge >= 0.3 is 0 Å². The number of carbonyl (C=O) groups excluding carboxylic acids is 2. The van der Waals surface area contributed by atoms with Gasteiger partial charge in [0.05, 0.1) is 6.61 Å². The lowest BCUT2D eigenvalue weighted by molar-refractivity contribution is -0.138. The van der Waals surface area contributed by atoms with Gasteiger partial charge in [0.1, 0.15) is 16.5 Å². The van der Waals surface area contributed by atoms with Crippen molar-refractivity contribution in [1.82, 2.24) is 14.8 Å². The summed E-state index contributed by atoms with van der Waals surface area (Å²) in [6.45, 7) is 7.81. The number of aromatic nitrogens is 1. The maximum absolute atomic E-state index is 13.0. The molecule has 0 saturated carbocycles. The van der Waals surface area contributed by atoms with E-state index in [1.165, 1.54) is 17.8 Å². The number of amides is 2. The van der Waals surface area contributed by atoms with Crippen LogP contribution in [0.3, 0.4) is 0 Å². The Hall–Kier alpha value is -2.41. The van der Waals surface area contributed by atoms with Crippen LogP contribution in [-0.4, -0.2) is 59.4 Å². The largest absolute Gasteiger partial charge is 0.494 e. The molecule has 3 heterocycles. The minimum Gasteiger partial charge on any atom is -0.494 e. The van der Waals surface area contributed by atoms with E-state index < -0.39 is 0 Å². The van der Waals surface area contributed by atoms with Crippen LogP contribution in [-0.2, 0) is 4.79 Å². The van der Waals surface area contributed by atoms with Gasteiger partial charge in [-0.05, 0) is 62.8 Å². The van der Waals surface area contributed by atoms with E-state index >= 15 is 0 Å². The minimum absolute atomic E-state index is 0.0362. The Morgan fingerprint density at radius 1 is 1.10 bits per heavy atom. The van der Waals surface area contributed by atoms with Crippen molar-refractivity contribution in [2.75, 3.05) is 32.8 Å². The smallest absolute Gasteiger partial charge is 0.273 e. The van der Waals surface area contributed by atoms with Gasteiger partial charge in [-0.3, -0.25) is 9.59 Å². The lowest BCUT2D eigenvalue weighted by Crippen LogP contribution is -2.47. The predicted octanol–water partition coefficient (Wildman–Crippen LogP) is 4.32. The van der Waals surface area contributed by atoms with Crippen LogP contribution in [0.4, 0.5) is 0 Å².